The molecule has 3 heterocycles. The van der Waals surface area contributed by atoms with Gasteiger partial charge in [-0.3, -0.25) is 4.90 Å². The largest absolute Gasteiger partial charge is 0.369 e. The average molecular weight is 357 g/mol. The van der Waals surface area contributed by atoms with Crippen LogP contribution in [0.25, 0.3) is 11.2 Å². The van der Waals surface area contributed by atoms with Crippen molar-refractivity contribution >= 4 is 28.5 Å². The monoisotopic (exact) mass is 356 g/mol. The van der Waals surface area contributed by atoms with Crippen molar-refractivity contribution in [3.8, 4) is 0 Å². The van der Waals surface area contributed by atoms with Crippen LogP contribution in [0, 0.1) is 0 Å². The molecule has 0 spiro atoms. The molecule has 2 aromatic heterocycles. The molecular weight excluding hydrogens is 336 g/mol. The zero-order valence-electron chi connectivity index (χ0n) is 14.1. The van der Waals surface area contributed by atoms with Crippen LogP contribution in [-0.2, 0) is 6.54 Å². The van der Waals surface area contributed by atoms with Crippen molar-refractivity contribution in [1.82, 2.24) is 24.4 Å². The Morgan fingerprint density at radius 3 is 2.52 bits per heavy atom. The van der Waals surface area contributed by atoms with Crippen molar-refractivity contribution in [3.63, 3.8) is 0 Å². The predicted molar refractivity (Wildman–Crippen MR) is 100 cm³/mol. The molecule has 1 aliphatic rings. The lowest BCUT2D eigenvalue weighted by atomic mass is 10.2. The molecule has 0 radical (unpaired) electrons. The molecule has 1 aliphatic heterocycles. The molecule has 1 saturated heterocycles. The van der Waals surface area contributed by atoms with Gasteiger partial charge in [-0.1, -0.05) is 29.8 Å². The molecular formula is C18H21ClN6. The minimum atomic E-state index is 0.417. The zero-order valence-corrected chi connectivity index (χ0v) is 14.8. The van der Waals surface area contributed by atoms with Crippen LogP contribution in [0.2, 0.25) is 5.15 Å². The van der Waals surface area contributed by atoms with Gasteiger partial charge in [-0.15, -0.1) is 0 Å². The van der Waals surface area contributed by atoms with Crippen LogP contribution in [0.4, 0.5) is 5.69 Å². The van der Waals surface area contributed by atoms with E-state index in [1.807, 2.05) is 0 Å². The van der Waals surface area contributed by atoms with E-state index in [-0.39, 0.29) is 0 Å². The quantitative estimate of drug-likeness (QED) is 0.658. The summed E-state index contributed by atoms with van der Waals surface area (Å²) >= 11 is 6.05. The van der Waals surface area contributed by atoms with Crippen molar-refractivity contribution in [2.24, 2.45) is 0 Å². The molecule has 25 heavy (non-hydrogen) atoms. The van der Waals surface area contributed by atoms with Crippen LogP contribution in [0.3, 0.4) is 0 Å². The Labute approximate surface area is 152 Å². The molecule has 0 unspecified atom stereocenters. The number of hydrogen-bond donors (Lipinski definition) is 0. The fourth-order valence-electron chi connectivity index (χ4n) is 3.35. The SMILES string of the molecule is Clc1ncnc2c1ncn2CCCN1CCN(c2ccccc2)CC1. The third-order valence-electron chi connectivity index (χ3n) is 4.72. The fraction of sp³-hybridized carbons (Fsp3) is 0.389. The summed E-state index contributed by atoms with van der Waals surface area (Å²) in [5, 5.41) is 0.417. The Morgan fingerprint density at radius 2 is 1.72 bits per heavy atom. The lowest BCUT2D eigenvalue weighted by Crippen LogP contribution is -2.46. The summed E-state index contributed by atoms with van der Waals surface area (Å²) in [6.45, 7) is 6.35. The molecule has 0 aliphatic carbocycles. The van der Waals surface area contributed by atoms with Gasteiger partial charge < -0.3 is 9.47 Å². The van der Waals surface area contributed by atoms with Crippen molar-refractivity contribution in [1.29, 1.82) is 0 Å². The smallest absolute Gasteiger partial charge is 0.164 e. The number of imidazole rings is 1. The molecule has 0 N–H and O–H groups in total. The van der Waals surface area contributed by atoms with E-state index in [1.54, 1.807) is 6.33 Å². The highest BCUT2D eigenvalue weighted by Crippen LogP contribution is 2.18. The molecule has 7 heteroatoms. The Balaban J connectivity index is 1.28. The summed E-state index contributed by atoms with van der Waals surface area (Å²) in [6, 6.07) is 10.6. The molecule has 1 fully saturated rings. The van der Waals surface area contributed by atoms with E-state index in [1.165, 1.54) is 12.0 Å². The van der Waals surface area contributed by atoms with Gasteiger partial charge in [0.1, 0.15) is 11.8 Å². The van der Waals surface area contributed by atoms with E-state index in [4.69, 9.17) is 11.6 Å². The first kappa shape index (κ1) is 16.3. The van der Waals surface area contributed by atoms with E-state index in [2.05, 4.69) is 59.7 Å². The highest BCUT2D eigenvalue weighted by molar-refractivity contribution is 6.33. The van der Waals surface area contributed by atoms with Gasteiger partial charge >= 0.3 is 0 Å². The van der Waals surface area contributed by atoms with Crippen molar-refractivity contribution in [3.05, 3.63) is 48.1 Å². The van der Waals surface area contributed by atoms with Gasteiger partial charge in [-0.05, 0) is 25.1 Å². The first-order valence-electron chi connectivity index (χ1n) is 8.65. The van der Waals surface area contributed by atoms with Crippen LogP contribution in [0.1, 0.15) is 6.42 Å². The molecule has 6 nitrogen and oxygen atoms in total. The van der Waals surface area contributed by atoms with Crippen LogP contribution >= 0.6 is 11.6 Å². The summed E-state index contributed by atoms with van der Waals surface area (Å²) < 4.78 is 2.06. The summed E-state index contributed by atoms with van der Waals surface area (Å²) in [7, 11) is 0. The standard InChI is InChI=1S/C18H21ClN6/c19-17-16-18(21-13-20-17)25(14-22-16)8-4-7-23-9-11-24(12-10-23)15-5-2-1-3-6-15/h1-3,5-6,13-14H,4,7-12H2. The zero-order chi connectivity index (χ0) is 17.1. The number of benzene rings is 1. The number of nitrogens with zero attached hydrogens (tertiary/aromatic N) is 6. The van der Waals surface area contributed by atoms with E-state index in [0.717, 1.165) is 51.3 Å². The van der Waals surface area contributed by atoms with Crippen LogP contribution < -0.4 is 4.90 Å². The molecule has 3 aromatic rings. The highest BCUT2D eigenvalue weighted by atomic mass is 35.5. The molecule has 0 bridgehead atoms. The number of hydrogen-bond acceptors (Lipinski definition) is 5. The van der Waals surface area contributed by atoms with Crippen molar-refractivity contribution in [2.45, 2.75) is 13.0 Å². The normalized spacial score (nSPS) is 15.8. The minimum Gasteiger partial charge on any atom is -0.369 e. The number of piperazine rings is 1. The number of aromatic nitrogens is 4. The molecule has 130 valence electrons. The number of aryl methyl sites for hydroxylation is 1. The third kappa shape index (κ3) is 3.60. The van der Waals surface area contributed by atoms with E-state index in [0.29, 0.717) is 10.7 Å². The van der Waals surface area contributed by atoms with Crippen molar-refractivity contribution < 1.29 is 0 Å². The summed E-state index contributed by atoms with van der Waals surface area (Å²) in [4.78, 5) is 17.6. The lowest BCUT2D eigenvalue weighted by molar-refractivity contribution is 0.251. The number of halogens is 1. The maximum absolute atomic E-state index is 6.05. The Hall–Kier alpha value is -2.18. The van der Waals surface area contributed by atoms with Gasteiger partial charge in [0.2, 0.25) is 0 Å². The topological polar surface area (TPSA) is 50.1 Å². The molecule has 0 atom stereocenters. The predicted octanol–water partition coefficient (Wildman–Crippen LogP) is 2.69. The molecule has 0 amide bonds. The first-order chi connectivity index (χ1) is 12.3. The summed E-state index contributed by atoms with van der Waals surface area (Å²) in [6.07, 6.45) is 4.36. The second kappa shape index (κ2) is 7.37. The average Bonchev–Trinajstić information content (AvgIpc) is 3.08. The van der Waals surface area contributed by atoms with Gasteiger partial charge in [0.05, 0.1) is 6.33 Å². The van der Waals surface area contributed by atoms with E-state index < -0.39 is 0 Å². The van der Waals surface area contributed by atoms with E-state index in [9.17, 15) is 0 Å². The number of rotatable bonds is 5. The second-order valence-electron chi connectivity index (χ2n) is 6.29. The van der Waals surface area contributed by atoms with Gasteiger partial charge in [-0.25, -0.2) is 15.0 Å². The van der Waals surface area contributed by atoms with Gasteiger partial charge in [0.25, 0.3) is 0 Å². The third-order valence-corrected chi connectivity index (χ3v) is 5.00. The van der Waals surface area contributed by atoms with Gasteiger partial charge in [0, 0.05) is 38.4 Å². The first-order valence-corrected chi connectivity index (χ1v) is 9.03. The molecule has 4 rings (SSSR count). The number of para-hydroxylation sites is 1. The molecule has 1 aromatic carbocycles. The number of anilines is 1. The van der Waals surface area contributed by atoms with Gasteiger partial charge in [-0.2, -0.15) is 0 Å². The minimum absolute atomic E-state index is 0.417. The van der Waals surface area contributed by atoms with Crippen molar-refractivity contribution in [2.75, 3.05) is 37.6 Å². The molecule has 0 saturated carbocycles. The van der Waals surface area contributed by atoms with Gasteiger partial charge in [0.15, 0.2) is 10.8 Å². The van der Waals surface area contributed by atoms with E-state index >= 15 is 0 Å². The highest BCUT2D eigenvalue weighted by Gasteiger charge is 2.16. The number of fused-ring (bicyclic) bond motifs is 1. The second-order valence-corrected chi connectivity index (χ2v) is 6.65. The Kier molecular flexibility index (Phi) is 4.81. The maximum atomic E-state index is 6.05. The Bertz CT molecular complexity index is 826. The lowest BCUT2D eigenvalue weighted by Gasteiger charge is -2.36. The maximum Gasteiger partial charge on any atom is 0.164 e. The van der Waals surface area contributed by atoms with Crippen LogP contribution in [0.5, 0.6) is 0 Å². The Morgan fingerprint density at radius 1 is 0.920 bits per heavy atom. The summed E-state index contributed by atoms with van der Waals surface area (Å²) in [5.74, 6) is 0. The fourth-order valence-corrected chi connectivity index (χ4v) is 3.53. The summed E-state index contributed by atoms with van der Waals surface area (Å²) in [5.41, 5.74) is 2.82. The van der Waals surface area contributed by atoms with Crippen LogP contribution in [-0.4, -0.2) is 57.1 Å². The van der Waals surface area contributed by atoms with Crippen LogP contribution in [0.15, 0.2) is 43.0 Å².